The summed E-state index contributed by atoms with van der Waals surface area (Å²) < 4.78 is 10.5. The summed E-state index contributed by atoms with van der Waals surface area (Å²) in [7, 11) is 3.09. The van der Waals surface area contributed by atoms with Crippen molar-refractivity contribution >= 4 is 24.4 Å². The maximum Gasteiger partial charge on any atom is 0.255 e. The van der Waals surface area contributed by atoms with E-state index in [2.05, 4.69) is 12.6 Å². The molecular weight excluding hydrogens is 364 g/mol. The number of piperazine rings is 1. The summed E-state index contributed by atoms with van der Waals surface area (Å²) >= 11 is 4.36. The largest absolute Gasteiger partial charge is 0.493 e. The van der Waals surface area contributed by atoms with Crippen LogP contribution in [0.5, 0.6) is 11.5 Å². The number of ether oxygens (including phenoxy) is 2. The zero-order valence-electron chi connectivity index (χ0n) is 15.3. The molecule has 3 rings (SSSR count). The third-order valence-corrected chi connectivity index (χ3v) is 5.01. The molecule has 1 fully saturated rings. The summed E-state index contributed by atoms with van der Waals surface area (Å²) in [5.74, 6) is 0.953. The first-order valence-corrected chi connectivity index (χ1v) is 9.08. The first kappa shape index (κ1) is 19.1. The average molecular weight is 386 g/mol. The summed E-state index contributed by atoms with van der Waals surface area (Å²) in [5, 5.41) is 0. The second kappa shape index (κ2) is 8.35. The average Bonchev–Trinajstić information content (AvgIpc) is 2.72. The summed E-state index contributed by atoms with van der Waals surface area (Å²) in [5.41, 5.74) is 1.12. The van der Waals surface area contributed by atoms with E-state index in [9.17, 15) is 9.59 Å². The highest BCUT2D eigenvalue weighted by Gasteiger charge is 2.26. The molecule has 0 saturated carbocycles. The Balaban J connectivity index is 1.66. The molecule has 0 spiro atoms. The number of methoxy groups -OCH3 is 2. The van der Waals surface area contributed by atoms with Gasteiger partial charge in [0, 0.05) is 36.6 Å². The van der Waals surface area contributed by atoms with Gasteiger partial charge in [0.2, 0.25) is 0 Å². The number of hydrogen-bond donors (Lipinski definition) is 1. The summed E-state index contributed by atoms with van der Waals surface area (Å²) in [6.07, 6.45) is 0. The number of amides is 2. The monoisotopic (exact) mass is 386 g/mol. The molecule has 1 saturated heterocycles. The van der Waals surface area contributed by atoms with Gasteiger partial charge in [-0.1, -0.05) is 12.1 Å². The molecule has 0 radical (unpaired) electrons. The molecule has 1 heterocycles. The first-order chi connectivity index (χ1) is 13.0. The Morgan fingerprint density at radius 2 is 1.44 bits per heavy atom. The lowest BCUT2D eigenvalue weighted by Gasteiger charge is -2.35. The third-order valence-electron chi connectivity index (χ3n) is 4.62. The quantitative estimate of drug-likeness (QED) is 0.821. The highest BCUT2D eigenvalue weighted by atomic mass is 32.1. The molecule has 0 aromatic heterocycles. The van der Waals surface area contributed by atoms with Crippen LogP contribution in [0.1, 0.15) is 20.7 Å². The van der Waals surface area contributed by atoms with Crippen molar-refractivity contribution in [2.45, 2.75) is 4.90 Å². The molecule has 2 amide bonds. The zero-order valence-corrected chi connectivity index (χ0v) is 16.2. The highest BCUT2D eigenvalue weighted by Crippen LogP contribution is 2.28. The highest BCUT2D eigenvalue weighted by molar-refractivity contribution is 7.80. The van der Waals surface area contributed by atoms with E-state index in [0.29, 0.717) is 53.7 Å². The molecule has 0 bridgehead atoms. The van der Waals surface area contributed by atoms with E-state index < -0.39 is 0 Å². The Morgan fingerprint density at radius 3 is 2.04 bits per heavy atom. The molecule has 142 valence electrons. The van der Waals surface area contributed by atoms with Crippen LogP contribution in [0.3, 0.4) is 0 Å². The van der Waals surface area contributed by atoms with E-state index in [4.69, 9.17) is 9.47 Å². The molecule has 27 heavy (non-hydrogen) atoms. The predicted molar refractivity (Wildman–Crippen MR) is 105 cm³/mol. The van der Waals surface area contributed by atoms with E-state index >= 15 is 0 Å². The number of rotatable bonds is 4. The lowest BCUT2D eigenvalue weighted by atomic mass is 10.1. The third kappa shape index (κ3) is 4.03. The van der Waals surface area contributed by atoms with E-state index in [-0.39, 0.29) is 11.8 Å². The van der Waals surface area contributed by atoms with Crippen molar-refractivity contribution in [3.05, 3.63) is 53.6 Å². The number of carbonyl (C=O) groups is 2. The summed E-state index contributed by atoms with van der Waals surface area (Å²) in [4.78, 5) is 29.6. The predicted octanol–water partition coefficient (Wildman–Crippen LogP) is 2.59. The van der Waals surface area contributed by atoms with Gasteiger partial charge in [-0.25, -0.2) is 0 Å². The SMILES string of the molecule is COc1ccc(C(=O)N2CCN(C(=O)c3ccccc3S)CC2)cc1OC. The Hall–Kier alpha value is -2.67. The van der Waals surface area contributed by atoms with Crippen molar-refractivity contribution in [1.29, 1.82) is 0 Å². The van der Waals surface area contributed by atoms with Gasteiger partial charge in [0.15, 0.2) is 11.5 Å². The smallest absolute Gasteiger partial charge is 0.255 e. The van der Waals surface area contributed by atoms with Gasteiger partial charge in [-0.15, -0.1) is 12.6 Å². The lowest BCUT2D eigenvalue weighted by Crippen LogP contribution is -2.50. The van der Waals surface area contributed by atoms with Crippen LogP contribution in [0.4, 0.5) is 0 Å². The number of hydrogen-bond acceptors (Lipinski definition) is 5. The minimum Gasteiger partial charge on any atom is -0.493 e. The van der Waals surface area contributed by atoms with Crippen LogP contribution in [-0.4, -0.2) is 62.0 Å². The molecule has 0 aliphatic carbocycles. The fourth-order valence-electron chi connectivity index (χ4n) is 3.09. The van der Waals surface area contributed by atoms with Gasteiger partial charge < -0.3 is 19.3 Å². The molecule has 1 aliphatic rings. The van der Waals surface area contributed by atoms with Crippen molar-refractivity contribution in [3.8, 4) is 11.5 Å². The Morgan fingerprint density at radius 1 is 0.852 bits per heavy atom. The molecule has 0 atom stereocenters. The van der Waals surface area contributed by atoms with Gasteiger partial charge in [0.05, 0.1) is 19.8 Å². The van der Waals surface area contributed by atoms with Crippen LogP contribution < -0.4 is 9.47 Å². The maximum absolute atomic E-state index is 12.8. The number of thiol groups is 1. The number of nitrogens with zero attached hydrogens (tertiary/aromatic N) is 2. The van der Waals surface area contributed by atoms with Crippen molar-refractivity contribution in [2.75, 3.05) is 40.4 Å². The standard InChI is InChI=1S/C20H22N2O4S/c1-25-16-8-7-14(13-17(16)26-2)19(23)21-9-11-22(12-10-21)20(24)15-5-3-4-6-18(15)27/h3-8,13,27H,9-12H2,1-2H3. The van der Waals surface area contributed by atoms with E-state index in [1.165, 1.54) is 7.11 Å². The van der Waals surface area contributed by atoms with Gasteiger partial charge in [-0.05, 0) is 30.3 Å². The van der Waals surface area contributed by atoms with Crippen molar-refractivity contribution in [3.63, 3.8) is 0 Å². The Bertz CT molecular complexity index is 848. The second-order valence-electron chi connectivity index (χ2n) is 6.17. The zero-order chi connectivity index (χ0) is 19.4. The van der Waals surface area contributed by atoms with Gasteiger partial charge in [0.25, 0.3) is 11.8 Å². The van der Waals surface area contributed by atoms with Crippen molar-refractivity contribution < 1.29 is 19.1 Å². The Kier molecular flexibility index (Phi) is 5.91. The second-order valence-corrected chi connectivity index (χ2v) is 6.65. The first-order valence-electron chi connectivity index (χ1n) is 8.63. The normalized spacial score (nSPS) is 14.0. The molecular formula is C20H22N2O4S. The topological polar surface area (TPSA) is 59.1 Å². The van der Waals surface area contributed by atoms with Crippen LogP contribution >= 0.6 is 12.6 Å². The van der Waals surface area contributed by atoms with Gasteiger partial charge in [-0.3, -0.25) is 9.59 Å². The van der Waals surface area contributed by atoms with Gasteiger partial charge in [0.1, 0.15) is 0 Å². The van der Waals surface area contributed by atoms with Crippen molar-refractivity contribution in [1.82, 2.24) is 9.80 Å². The number of carbonyl (C=O) groups excluding carboxylic acids is 2. The van der Waals surface area contributed by atoms with E-state index in [1.807, 2.05) is 12.1 Å². The fourth-order valence-corrected chi connectivity index (χ4v) is 3.35. The number of benzene rings is 2. The lowest BCUT2D eigenvalue weighted by molar-refractivity contribution is 0.0533. The molecule has 0 N–H and O–H groups in total. The van der Waals surface area contributed by atoms with E-state index in [0.717, 1.165) is 0 Å². The molecule has 6 nitrogen and oxygen atoms in total. The fraction of sp³-hybridized carbons (Fsp3) is 0.300. The van der Waals surface area contributed by atoms with Gasteiger partial charge >= 0.3 is 0 Å². The molecule has 7 heteroatoms. The van der Waals surface area contributed by atoms with Gasteiger partial charge in [-0.2, -0.15) is 0 Å². The Labute approximate surface area is 164 Å². The molecule has 2 aromatic rings. The van der Waals surface area contributed by atoms with Crippen LogP contribution in [0.15, 0.2) is 47.4 Å². The molecule has 1 aliphatic heterocycles. The van der Waals surface area contributed by atoms with Crippen LogP contribution in [0, 0.1) is 0 Å². The minimum atomic E-state index is -0.0855. The maximum atomic E-state index is 12.8. The summed E-state index contributed by atoms with van der Waals surface area (Å²) in [6.45, 7) is 1.93. The van der Waals surface area contributed by atoms with E-state index in [1.54, 1.807) is 47.2 Å². The van der Waals surface area contributed by atoms with Crippen LogP contribution in [0.2, 0.25) is 0 Å². The summed E-state index contributed by atoms with van der Waals surface area (Å²) in [6, 6.07) is 12.4. The minimum absolute atomic E-state index is 0.0567. The van der Waals surface area contributed by atoms with Crippen LogP contribution in [-0.2, 0) is 0 Å². The molecule has 2 aromatic carbocycles. The van der Waals surface area contributed by atoms with Crippen LogP contribution in [0.25, 0.3) is 0 Å². The molecule has 0 unspecified atom stereocenters. The van der Waals surface area contributed by atoms with Crippen molar-refractivity contribution in [2.24, 2.45) is 0 Å².